The Morgan fingerprint density at radius 2 is 1.52 bits per heavy atom. The van der Waals surface area contributed by atoms with E-state index in [1.165, 1.54) is 0 Å². The standard InChI is InChI=1S/C18H20O3/c1-4-20-16-9-7-6-8-14(16)18(19)15-12-13(3)10-11-17(15)21-5-2/h6-12H,4-5H2,1-3H3. The van der Waals surface area contributed by atoms with E-state index in [1.807, 2.05) is 57.2 Å². The van der Waals surface area contributed by atoms with Gasteiger partial charge in [-0.2, -0.15) is 0 Å². The maximum absolute atomic E-state index is 12.8. The number of para-hydroxylation sites is 1. The van der Waals surface area contributed by atoms with Crippen molar-refractivity contribution in [2.75, 3.05) is 13.2 Å². The fraction of sp³-hybridized carbons (Fsp3) is 0.278. The number of aryl methyl sites for hydroxylation is 1. The molecular weight excluding hydrogens is 264 g/mol. The molecule has 0 aliphatic heterocycles. The predicted molar refractivity (Wildman–Crippen MR) is 83.4 cm³/mol. The first-order chi connectivity index (χ1) is 10.2. The largest absolute Gasteiger partial charge is 0.493 e. The van der Waals surface area contributed by atoms with Crippen molar-refractivity contribution >= 4 is 5.78 Å². The minimum atomic E-state index is -0.0776. The average Bonchev–Trinajstić information content (AvgIpc) is 2.49. The van der Waals surface area contributed by atoms with Crippen molar-refractivity contribution in [3.63, 3.8) is 0 Å². The third kappa shape index (κ3) is 3.43. The summed E-state index contributed by atoms with van der Waals surface area (Å²) in [7, 11) is 0. The minimum Gasteiger partial charge on any atom is -0.493 e. The van der Waals surface area contributed by atoms with Crippen molar-refractivity contribution in [3.05, 3.63) is 59.2 Å². The highest BCUT2D eigenvalue weighted by Gasteiger charge is 2.18. The normalized spacial score (nSPS) is 10.2. The van der Waals surface area contributed by atoms with Crippen LogP contribution in [-0.2, 0) is 0 Å². The highest BCUT2D eigenvalue weighted by atomic mass is 16.5. The van der Waals surface area contributed by atoms with Crippen molar-refractivity contribution < 1.29 is 14.3 Å². The predicted octanol–water partition coefficient (Wildman–Crippen LogP) is 4.02. The zero-order chi connectivity index (χ0) is 15.2. The van der Waals surface area contributed by atoms with Gasteiger partial charge in [-0.3, -0.25) is 4.79 Å². The fourth-order valence-electron chi connectivity index (χ4n) is 2.18. The van der Waals surface area contributed by atoms with Crippen LogP contribution in [0.25, 0.3) is 0 Å². The van der Waals surface area contributed by atoms with Crippen LogP contribution in [0.4, 0.5) is 0 Å². The van der Waals surface area contributed by atoms with E-state index in [0.717, 1.165) is 5.56 Å². The molecule has 3 heteroatoms. The van der Waals surface area contributed by atoms with E-state index in [4.69, 9.17) is 9.47 Å². The molecule has 0 radical (unpaired) electrons. The topological polar surface area (TPSA) is 35.5 Å². The quantitative estimate of drug-likeness (QED) is 0.751. The molecule has 2 aromatic carbocycles. The molecular formula is C18H20O3. The first-order valence-electron chi connectivity index (χ1n) is 7.17. The third-order valence-corrected chi connectivity index (χ3v) is 3.11. The molecule has 0 N–H and O–H groups in total. The third-order valence-electron chi connectivity index (χ3n) is 3.11. The van der Waals surface area contributed by atoms with Crippen LogP contribution in [-0.4, -0.2) is 19.0 Å². The van der Waals surface area contributed by atoms with Crippen LogP contribution in [0.1, 0.15) is 35.3 Å². The van der Waals surface area contributed by atoms with Crippen LogP contribution >= 0.6 is 0 Å². The van der Waals surface area contributed by atoms with Crippen LogP contribution in [0.3, 0.4) is 0 Å². The van der Waals surface area contributed by atoms with Gasteiger partial charge in [0.05, 0.1) is 24.3 Å². The molecule has 110 valence electrons. The summed E-state index contributed by atoms with van der Waals surface area (Å²) in [4.78, 5) is 12.8. The van der Waals surface area contributed by atoms with Gasteiger partial charge in [-0.05, 0) is 45.0 Å². The van der Waals surface area contributed by atoms with Gasteiger partial charge in [0.2, 0.25) is 0 Å². The Labute approximate surface area is 125 Å². The average molecular weight is 284 g/mol. The molecule has 21 heavy (non-hydrogen) atoms. The van der Waals surface area contributed by atoms with Crippen molar-refractivity contribution in [1.82, 2.24) is 0 Å². The summed E-state index contributed by atoms with van der Waals surface area (Å²) >= 11 is 0. The molecule has 0 spiro atoms. The molecule has 0 aliphatic rings. The zero-order valence-electron chi connectivity index (χ0n) is 12.7. The molecule has 0 aliphatic carbocycles. The van der Waals surface area contributed by atoms with Gasteiger partial charge in [-0.1, -0.05) is 23.8 Å². The maximum Gasteiger partial charge on any atom is 0.200 e. The Hall–Kier alpha value is -2.29. The Morgan fingerprint density at radius 3 is 2.19 bits per heavy atom. The van der Waals surface area contributed by atoms with Gasteiger partial charge < -0.3 is 9.47 Å². The first kappa shape index (κ1) is 15.1. The molecule has 0 heterocycles. The number of hydrogen-bond donors (Lipinski definition) is 0. The first-order valence-corrected chi connectivity index (χ1v) is 7.17. The summed E-state index contributed by atoms with van der Waals surface area (Å²) in [6.45, 7) is 6.82. The fourth-order valence-corrected chi connectivity index (χ4v) is 2.18. The molecule has 0 fully saturated rings. The number of benzene rings is 2. The lowest BCUT2D eigenvalue weighted by atomic mass is 10.00. The second kappa shape index (κ2) is 6.93. The molecule has 0 saturated carbocycles. The van der Waals surface area contributed by atoms with E-state index < -0.39 is 0 Å². The lowest BCUT2D eigenvalue weighted by Gasteiger charge is -2.13. The van der Waals surface area contributed by atoms with Gasteiger partial charge >= 0.3 is 0 Å². The number of carbonyl (C=O) groups is 1. The summed E-state index contributed by atoms with van der Waals surface area (Å²) < 4.78 is 11.1. The van der Waals surface area contributed by atoms with Crippen molar-refractivity contribution in [1.29, 1.82) is 0 Å². The van der Waals surface area contributed by atoms with Crippen LogP contribution in [0.15, 0.2) is 42.5 Å². The van der Waals surface area contributed by atoms with E-state index in [0.29, 0.717) is 35.8 Å². The zero-order valence-corrected chi connectivity index (χ0v) is 12.7. The Kier molecular flexibility index (Phi) is 4.99. The molecule has 0 aromatic heterocycles. The van der Waals surface area contributed by atoms with Crippen LogP contribution in [0.5, 0.6) is 11.5 Å². The summed E-state index contributed by atoms with van der Waals surface area (Å²) in [5.74, 6) is 1.14. The lowest BCUT2D eigenvalue weighted by molar-refractivity contribution is 0.103. The second-order valence-electron chi connectivity index (χ2n) is 4.69. The Morgan fingerprint density at radius 1 is 0.905 bits per heavy atom. The highest BCUT2D eigenvalue weighted by Crippen LogP contribution is 2.27. The van der Waals surface area contributed by atoms with E-state index in [1.54, 1.807) is 6.07 Å². The minimum absolute atomic E-state index is 0.0776. The van der Waals surface area contributed by atoms with E-state index in [2.05, 4.69) is 0 Å². The molecule has 3 nitrogen and oxygen atoms in total. The maximum atomic E-state index is 12.8. The van der Waals surface area contributed by atoms with E-state index in [9.17, 15) is 4.79 Å². The van der Waals surface area contributed by atoms with E-state index in [-0.39, 0.29) is 5.78 Å². The van der Waals surface area contributed by atoms with Gasteiger partial charge in [0.1, 0.15) is 11.5 Å². The number of hydrogen-bond acceptors (Lipinski definition) is 3. The monoisotopic (exact) mass is 284 g/mol. The van der Waals surface area contributed by atoms with Crippen molar-refractivity contribution in [2.45, 2.75) is 20.8 Å². The molecule has 2 rings (SSSR count). The van der Waals surface area contributed by atoms with Crippen LogP contribution in [0, 0.1) is 6.92 Å². The smallest absolute Gasteiger partial charge is 0.200 e. The van der Waals surface area contributed by atoms with Gasteiger partial charge in [0, 0.05) is 0 Å². The number of rotatable bonds is 6. The van der Waals surface area contributed by atoms with Gasteiger partial charge in [-0.25, -0.2) is 0 Å². The second-order valence-corrected chi connectivity index (χ2v) is 4.69. The molecule has 0 atom stereocenters. The molecule has 0 unspecified atom stereocenters. The van der Waals surface area contributed by atoms with Crippen molar-refractivity contribution in [3.8, 4) is 11.5 Å². The summed E-state index contributed by atoms with van der Waals surface area (Å²) in [5, 5.41) is 0. The van der Waals surface area contributed by atoms with Gasteiger partial charge in [0.15, 0.2) is 5.78 Å². The highest BCUT2D eigenvalue weighted by molar-refractivity contribution is 6.12. The Bertz CT molecular complexity index is 632. The van der Waals surface area contributed by atoms with Crippen molar-refractivity contribution in [2.24, 2.45) is 0 Å². The summed E-state index contributed by atoms with van der Waals surface area (Å²) in [5.41, 5.74) is 2.16. The van der Waals surface area contributed by atoms with Gasteiger partial charge in [-0.15, -0.1) is 0 Å². The van der Waals surface area contributed by atoms with Crippen LogP contribution in [0.2, 0.25) is 0 Å². The molecule has 2 aromatic rings. The lowest BCUT2D eigenvalue weighted by Crippen LogP contribution is -2.08. The summed E-state index contributed by atoms with van der Waals surface area (Å²) in [6, 6.07) is 12.9. The van der Waals surface area contributed by atoms with E-state index >= 15 is 0 Å². The van der Waals surface area contributed by atoms with Crippen LogP contribution < -0.4 is 9.47 Å². The number of carbonyl (C=O) groups excluding carboxylic acids is 1. The molecule has 0 bridgehead atoms. The van der Waals surface area contributed by atoms with Gasteiger partial charge in [0.25, 0.3) is 0 Å². The molecule has 0 saturated heterocycles. The SMILES string of the molecule is CCOc1ccccc1C(=O)c1cc(C)ccc1OCC. The Balaban J connectivity index is 2.47. The number of ketones is 1. The molecule has 0 amide bonds. The summed E-state index contributed by atoms with van der Waals surface area (Å²) in [6.07, 6.45) is 0. The number of ether oxygens (including phenoxy) is 2.